The molecule has 2 rings (SSSR count). The number of anilines is 1. The van der Waals surface area contributed by atoms with E-state index in [-0.39, 0.29) is 5.25 Å². The van der Waals surface area contributed by atoms with E-state index in [0.29, 0.717) is 0 Å². The van der Waals surface area contributed by atoms with E-state index in [4.69, 9.17) is 0 Å². The summed E-state index contributed by atoms with van der Waals surface area (Å²) in [4.78, 5) is 0. The van der Waals surface area contributed by atoms with E-state index in [0.717, 1.165) is 53.4 Å². The quantitative estimate of drug-likeness (QED) is 0.894. The van der Waals surface area contributed by atoms with Crippen molar-refractivity contribution in [3.63, 3.8) is 0 Å². The molecule has 0 amide bonds. The predicted octanol–water partition coefficient (Wildman–Crippen LogP) is 4.14. The fraction of sp³-hybridized carbons (Fsp3) is 0.571. The van der Waals surface area contributed by atoms with Crippen LogP contribution in [0.3, 0.4) is 0 Å². The number of benzene rings is 1. The number of nitrogens with one attached hydrogen (secondary N) is 1. The van der Waals surface area contributed by atoms with Crippen LogP contribution in [0.1, 0.15) is 43.2 Å². The number of hydrogen-bond donors (Lipinski definition) is 1. The molecule has 3 nitrogen and oxygen atoms in total. The smallest absolute Gasteiger partial charge is 0.235 e. The van der Waals surface area contributed by atoms with Crippen molar-refractivity contribution in [2.24, 2.45) is 0 Å². The Labute approximate surface area is 124 Å². The lowest BCUT2D eigenvalue weighted by Crippen LogP contribution is -2.30. The zero-order valence-electron chi connectivity index (χ0n) is 11.4. The van der Waals surface area contributed by atoms with Gasteiger partial charge in [0.15, 0.2) is 0 Å². The third-order valence-corrected chi connectivity index (χ3v) is 6.03. The van der Waals surface area contributed by atoms with Crippen LogP contribution in [0.15, 0.2) is 16.6 Å². The Bertz CT molecular complexity index is 540. The molecule has 0 unspecified atom stereocenters. The minimum atomic E-state index is -3.26. The van der Waals surface area contributed by atoms with Crippen molar-refractivity contribution in [3.8, 4) is 0 Å². The van der Waals surface area contributed by atoms with Gasteiger partial charge in [-0.3, -0.25) is 4.72 Å². The summed E-state index contributed by atoms with van der Waals surface area (Å²) in [6.45, 7) is 3.85. The highest BCUT2D eigenvalue weighted by Gasteiger charge is 2.27. The van der Waals surface area contributed by atoms with Crippen molar-refractivity contribution in [1.29, 1.82) is 0 Å². The second-order valence-electron chi connectivity index (χ2n) is 5.32. The van der Waals surface area contributed by atoms with Gasteiger partial charge in [-0.2, -0.15) is 0 Å². The molecule has 1 aliphatic carbocycles. The zero-order valence-corrected chi connectivity index (χ0v) is 13.8. The molecule has 0 radical (unpaired) electrons. The molecule has 0 bridgehead atoms. The average molecular weight is 346 g/mol. The third-order valence-electron chi connectivity index (χ3n) is 3.73. The van der Waals surface area contributed by atoms with E-state index in [9.17, 15) is 8.42 Å². The van der Waals surface area contributed by atoms with E-state index in [1.54, 1.807) is 0 Å². The summed E-state index contributed by atoms with van der Waals surface area (Å²) >= 11 is 3.43. The highest BCUT2D eigenvalue weighted by atomic mass is 79.9. The van der Waals surface area contributed by atoms with Crippen LogP contribution >= 0.6 is 15.9 Å². The number of halogens is 1. The van der Waals surface area contributed by atoms with Crippen molar-refractivity contribution < 1.29 is 8.42 Å². The molecule has 1 aromatic carbocycles. The predicted molar refractivity (Wildman–Crippen MR) is 83.0 cm³/mol. The van der Waals surface area contributed by atoms with Gasteiger partial charge in [0.05, 0.1) is 10.9 Å². The molecule has 1 aromatic rings. The Morgan fingerprint density at radius 1 is 1.11 bits per heavy atom. The number of sulfonamides is 1. The van der Waals surface area contributed by atoms with Gasteiger partial charge in [0.1, 0.15) is 0 Å². The van der Waals surface area contributed by atoms with Gasteiger partial charge in [0.25, 0.3) is 0 Å². The Hall–Kier alpha value is -0.550. The summed E-state index contributed by atoms with van der Waals surface area (Å²) in [6.07, 6.45) is 4.75. The minimum absolute atomic E-state index is 0.233. The van der Waals surface area contributed by atoms with Gasteiger partial charge in [-0.25, -0.2) is 8.42 Å². The maximum absolute atomic E-state index is 12.4. The molecule has 106 valence electrons. The summed E-state index contributed by atoms with van der Waals surface area (Å²) < 4.78 is 28.6. The van der Waals surface area contributed by atoms with Gasteiger partial charge < -0.3 is 0 Å². The van der Waals surface area contributed by atoms with E-state index in [1.165, 1.54) is 0 Å². The van der Waals surface area contributed by atoms with Gasteiger partial charge in [-0.15, -0.1) is 0 Å². The fourth-order valence-corrected chi connectivity index (χ4v) is 5.09. The molecular weight excluding hydrogens is 326 g/mol. The van der Waals surface area contributed by atoms with Crippen LogP contribution in [0, 0.1) is 13.8 Å². The molecule has 19 heavy (non-hydrogen) atoms. The molecule has 0 spiro atoms. The first-order valence-electron chi connectivity index (χ1n) is 6.68. The normalized spacial score (nSPS) is 17.4. The van der Waals surface area contributed by atoms with Crippen molar-refractivity contribution >= 4 is 31.6 Å². The number of hydrogen-bond acceptors (Lipinski definition) is 2. The summed E-state index contributed by atoms with van der Waals surface area (Å²) in [5.74, 6) is 0. The molecule has 0 saturated heterocycles. The summed E-state index contributed by atoms with van der Waals surface area (Å²) in [5.41, 5.74) is 2.63. The largest absolute Gasteiger partial charge is 0.283 e. The Morgan fingerprint density at radius 2 is 1.63 bits per heavy atom. The van der Waals surface area contributed by atoms with Crippen LogP contribution in [0.5, 0.6) is 0 Å². The lowest BCUT2D eigenvalue weighted by Gasteiger charge is -2.23. The molecule has 1 N–H and O–H groups in total. The summed E-state index contributed by atoms with van der Waals surface area (Å²) in [6, 6.07) is 3.87. The molecule has 0 aliphatic heterocycles. The van der Waals surface area contributed by atoms with Gasteiger partial charge in [0.2, 0.25) is 10.0 Å². The molecule has 5 heteroatoms. The molecule has 0 aromatic heterocycles. The van der Waals surface area contributed by atoms with Gasteiger partial charge in [-0.05, 0) is 49.9 Å². The molecule has 1 saturated carbocycles. The van der Waals surface area contributed by atoms with Crippen molar-refractivity contribution in [2.45, 2.75) is 51.2 Å². The lowest BCUT2D eigenvalue weighted by molar-refractivity contribution is 0.486. The standard InChI is InChI=1S/C14H20BrNO2S/c1-10-8-12(15)9-11(2)14(10)16-19(17,18)13-6-4-3-5-7-13/h8-9,13,16H,3-7H2,1-2H3. The minimum Gasteiger partial charge on any atom is -0.283 e. The van der Waals surface area contributed by atoms with Crippen molar-refractivity contribution in [3.05, 3.63) is 27.7 Å². The van der Waals surface area contributed by atoms with E-state index >= 15 is 0 Å². The maximum atomic E-state index is 12.4. The van der Waals surface area contributed by atoms with Crippen LogP contribution < -0.4 is 4.72 Å². The summed E-state index contributed by atoms with van der Waals surface area (Å²) in [5, 5.41) is -0.233. The van der Waals surface area contributed by atoms with Gasteiger partial charge in [-0.1, -0.05) is 35.2 Å². The van der Waals surface area contributed by atoms with Gasteiger partial charge >= 0.3 is 0 Å². The van der Waals surface area contributed by atoms with Crippen LogP contribution in [0.25, 0.3) is 0 Å². The highest BCUT2D eigenvalue weighted by molar-refractivity contribution is 9.10. The SMILES string of the molecule is Cc1cc(Br)cc(C)c1NS(=O)(=O)C1CCCCC1. The first-order chi connectivity index (χ1) is 8.90. The molecule has 1 fully saturated rings. The van der Waals surface area contributed by atoms with Crippen LogP contribution in [-0.2, 0) is 10.0 Å². The second-order valence-corrected chi connectivity index (χ2v) is 8.20. The molecular formula is C14H20BrNO2S. The number of aryl methyl sites for hydroxylation is 2. The molecule has 0 heterocycles. The molecule has 0 atom stereocenters. The summed E-state index contributed by atoms with van der Waals surface area (Å²) in [7, 11) is -3.26. The fourth-order valence-electron chi connectivity index (χ4n) is 2.67. The van der Waals surface area contributed by atoms with Gasteiger partial charge in [0, 0.05) is 4.47 Å². The van der Waals surface area contributed by atoms with Crippen molar-refractivity contribution in [2.75, 3.05) is 4.72 Å². The number of rotatable bonds is 3. The topological polar surface area (TPSA) is 46.2 Å². The Balaban J connectivity index is 2.25. The van der Waals surface area contributed by atoms with E-state index in [1.807, 2.05) is 26.0 Å². The van der Waals surface area contributed by atoms with E-state index < -0.39 is 10.0 Å². The Kier molecular flexibility index (Phi) is 4.56. The first kappa shape index (κ1) is 14.9. The highest BCUT2D eigenvalue weighted by Crippen LogP contribution is 2.29. The monoisotopic (exact) mass is 345 g/mol. The maximum Gasteiger partial charge on any atom is 0.235 e. The average Bonchev–Trinajstić information content (AvgIpc) is 2.35. The van der Waals surface area contributed by atoms with E-state index in [2.05, 4.69) is 20.7 Å². The van der Waals surface area contributed by atoms with Crippen LogP contribution in [-0.4, -0.2) is 13.7 Å². The lowest BCUT2D eigenvalue weighted by atomic mass is 10.0. The third kappa shape index (κ3) is 3.51. The molecule has 1 aliphatic rings. The van der Waals surface area contributed by atoms with Crippen LogP contribution in [0.2, 0.25) is 0 Å². The zero-order chi connectivity index (χ0) is 14.0. The first-order valence-corrected chi connectivity index (χ1v) is 9.02. The second kappa shape index (κ2) is 5.83. The van der Waals surface area contributed by atoms with Crippen molar-refractivity contribution in [1.82, 2.24) is 0 Å². The Morgan fingerprint density at radius 3 is 2.16 bits per heavy atom. The van der Waals surface area contributed by atoms with Crippen LogP contribution in [0.4, 0.5) is 5.69 Å².